The number of aromatic nitrogens is 2. The molecule has 94 valence electrons. The molecular formula is C13H21N3O. The summed E-state index contributed by atoms with van der Waals surface area (Å²) in [6, 6.07) is 0. The van der Waals surface area contributed by atoms with E-state index >= 15 is 0 Å². The maximum atomic E-state index is 12.5. The normalized spacial score (nSPS) is 19.2. The molecule has 4 heteroatoms. The van der Waals surface area contributed by atoms with Crippen molar-refractivity contribution >= 4 is 5.78 Å². The molecule has 0 radical (unpaired) electrons. The van der Waals surface area contributed by atoms with Crippen molar-refractivity contribution in [2.75, 3.05) is 13.1 Å². The number of hydrogen-bond acceptors (Lipinski definition) is 3. The van der Waals surface area contributed by atoms with Gasteiger partial charge in [0.15, 0.2) is 0 Å². The average Bonchev–Trinajstić information content (AvgIpc) is 2.76. The lowest BCUT2D eigenvalue weighted by molar-refractivity contribution is -0.130. The van der Waals surface area contributed by atoms with E-state index in [1.54, 1.807) is 6.20 Å². The highest BCUT2D eigenvalue weighted by atomic mass is 16.1. The molecule has 0 unspecified atom stereocenters. The average molecular weight is 235 g/mol. The highest BCUT2D eigenvalue weighted by molar-refractivity contribution is 5.86. The molecule has 0 atom stereocenters. The van der Waals surface area contributed by atoms with Crippen molar-refractivity contribution in [2.24, 2.45) is 12.5 Å². The number of hydrogen-bond donors (Lipinski definition) is 1. The molecule has 0 aromatic carbocycles. The minimum atomic E-state index is -0.114. The molecule has 1 fully saturated rings. The molecule has 1 saturated heterocycles. The van der Waals surface area contributed by atoms with E-state index in [1.807, 2.05) is 17.8 Å². The Kier molecular flexibility index (Phi) is 3.62. The molecule has 2 rings (SSSR count). The fourth-order valence-corrected chi connectivity index (χ4v) is 2.63. The zero-order valence-electron chi connectivity index (χ0n) is 10.7. The fourth-order valence-electron chi connectivity index (χ4n) is 2.63. The molecule has 0 amide bonds. The molecule has 2 heterocycles. The van der Waals surface area contributed by atoms with Crippen LogP contribution in [0.2, 0.25) is 0 Å². The molecule has 0 spiro atoms. The van der Waals surface area contributed by atoms with E-state index < -0.39 is 0 Å². The highest BCUT2D eigenvalue weighted by Crippen LogP contribution is 2.34. The van der Waals surface area contributed by atoms with E-state index in [0.717, 1.165) is 38.2 Å². The topological polar surface area (TPSA) is 46.9 Å². The Bertz CT molecular complexity index is 391. The van der Waals surface area contributed by atoms with Gasteiger partial charge in [-0.3, -0.25) is 4.79 Å². The summed E-state index contributed by atoms with van der Waals surface area (Å²) in [5, 5.41) is 3.33. The van der Waals surface area contributed by atoms with E-state index in [-0.39, 0.29) is 5.41 Å². The van der Waals surface area contributed by atoms with Gasteiger partial charge < -0.3 is 9.88 Å². The lowest BCUT2D eigenvalue weighted by Gasteiger charge is -2.35. The van der Waals surface area contributed by atoms with Crippen molar-refractivity contribution in [1.82, 2.24) is 14.9 Å². The van der Waals surface area contributed by atoms with Gasteiger partial charge in [-0.05, 0) is 32.4 Å². The van der Waals surface area contributed by atoms with Crippen molar-refractivity contribution in [3.63, 3.8) is 0 Å². The lowest BCUT2D eigenvalue weighted by atomic mass is 9.72. The predicted octanol–water partition coefficient (Wildman–Crippen LogP) is 1.31. The first kappa shape index (κ1) is 12.3. The summed E-state index contributed by atoms with van der Waals surface area (Å²) in [6.07, 6.45) is 6.99. The molecule has 1 aromatic rings. The van der Waals surface area contributed by atoms with Gasteiger partial charge in [0, 0.05) is 24.9 Å². The SMILES string of the molecule is CCC1(C(=O)Cc2nccn2C)CCNCC1. The number of nitrogens with one attached hydrogen (secondary N) is 1. The number of imidazole rings is 1. The van der Waals surface area contributed by atoms with Crippen LogP contribution in [-0.2, 0) is 18.3 Å². The third-order valence-electron chi connectivity index (χ3n) is 4.07. The van der Waals surface area contributed by atoms with Crippen LogP contribution in [0.1, 0.15) is 32.0 Å². The van der Waals surface area contributed by atoms with Crippen LogP contribution in [0, 0.1) is 5.41 Å². The summed E-state index contributed by atoms with van der Waals surface area (Å²) in [6.45, 7) is 4.04. The minimum Gasteiger partial charge on any atom is -0.338 e. The Morgan fingerprint density at radius 2 is 2.24 bits per heavy atom. The van der Waals surface area contributed by atoms with Crippen LogP contribution in [0.3, 0.4) is 0 Å². The maximum absolute atomic E-state index is 12.5. The molecule has 0 bridgehead atoms. The minimum absolute atomic E-state index is 0.114. The van der Waals surface area contributed by atoms with E-state index in [0.29, 0.717) is 12.2 Å². The van der Waals surface area contributed by atoms with Crippen LogP contribution in [0.4, 0.5) is 0 Å². The first-order chi connectivity index (χ1) is 8.18. The number of piperidine rings is 1. The third kappa shape index (κ3) is 2.41. The Hall–Kier alpha value is -1.16. The summed E-state index contributed by atoms with van der Waals surface area (Å²) >= 11 is 0. The van der Waals surface area contributed by atoms with E-state index in [9.17, 15) is 4.79 Å². The molecule has 17 heavy (non-hydrogen) atoms. The van der Waals surface area contributed by atoms with Crippen molar-refractivity contribution in [1.29, 1.82) is 0 Å². The second kappa shape index (κ2) is 5.00. The third-order valence-corrected chi connectivity index (χ3v) is 4.07. The molecule has 1 aromatic heterocycles. The Labute approximate surface area is 102 Å². The van der Waals surface area contributed by atoms with Gasteiger partial charge >= 0.3 is 0 Å². The Balaban J connectivity index is 2.10. The number of aryl methyl sites for hydroxylation is 1. The van der Waals surface area contributed by atoms with Gasteiger partial charge in [0.2, 0.25) is 0 Å². The first-order valence-electron chi connectivity index (χ1n) is 6.38. The van der Waals surface area contributed by atoms with Gasteiger partial charge in [-0.1, -0.05) is 6.92 Å². The van der Waals surface area contributed by atoms with Crippen LogP contribution >= 0.6 is 0 Å². The van der Waals surface area contributed by atoms with Gasteiger partial charge in [0.05, 0.1) is 6.42 Å². The van der Waals surface area contributed by atoms with E-state index in [4.69, 9.17) is 0 Å². The number of nitrogens with zero attached hydrogens (tertiary/aromatic N) is 2. The quantitative estimate of drug-likeness (QED) is 0.856. The number of ketones is 1. The summed E-state index contributed by atoms with van der Waals surface area (Å²) in [4.78, 5) is 16.7. The standard InChI is InChI=1S/C13H21N3O/c1-3-13(4-6-14-7-5-13)11(17)10-12-15-8-9-16(12)2/h8-9,14H,3-7,10H2,1-2H3. The number of Topliss-reactive ketones (excluding diaryl/α,β-unsaturated/α-hetero) is 1. The second-order valence-electron chi connectivity index (χ2n) is 4.94. The molecule has 1 aliphatic heterocycles. The molecule has 0 saturated carbocycles. The van der Waals surface area contributed by atoms with Crippen LogP contribution in [0.25, 0.3) is 0 Å². The maximum Gasteiger partial charge on any atom is 0.146 e. The van der Waals surface area contributed by atoms with Crippen molar-refractivity contribution < 1.29 is 4.79 Å². The van der Waals surface area contributed by atoms with Gasteiger partial charge in [0.1, 0.15) is 11.6 Å². The van der Waals surface area contributed by atoms with Gasteiger partial charge in [-0.2, -0.15) is 0 Å². The van der Waals surface area contributed by atoms with Crippen LogP contribution in [-0.4, -0.2) is 28.4 Å². The molecule has 1 aliphatic rings. The van der Waals surface area contributed by atoms with Gasteiger partial charge in [-0.25, -0.2) is 4.98 Å². The first-order valence-corrected chi connectivity index (χ1v) is 6.38. The van der Waals surface area contributed by atoms with Gasteiger partial charge in [-0.15, -0.1) is 0 Å². The molecule has 4 nitrogen and oxygen atoms in total. The lowest BCUT2D eigenvalue weighted by Crippen LogP contribution is -2.42. The van der Waals surface area contributed by atoms with Crippen LogP contribution < -0.4 is 5.32 Å². The van der Waals surface area contributed by atoms with E-state index in [1.165, 1.54) is 0 Å². The summed E-state index contributed by atoms with van der Waals surface area (Å²) in [5.41, 5.74) is -0.114. The number of rotatable bonds is 4. The van der Waals surface area contributed by atoms with Gasteiger partial charge in [0.25, 0.3) is 0 Å². The largest absolute Gasteiger partial charge is 0.338 e. The zero-order valence-corrected chi connectivity index (χ0v) is 10.7. The number of carbonyl (C=O) groups is 1. The van der Waals surface area contributed by atoms with Crippen molar-refractivity contribution in [3.05, 3.63) is 18.2 Å². The number of carbonyl (C=O) groups excluding carboxylic acids is 1. The highest BCUT2D eigenvalue weighted by Gasteiger charge is 2.37. The summed E-state index contributed by atoms with van der Waals surface area (Å²) in [7, 11) is 1.94. The summed E-state index contributed by atoms with van der Waals surface area (Å²) in [5.74, 6) is 1.23. The van der Waals surface area contributed by atoms with Crippen LogP contribution in [0.15, 0.2) is 12.4 Å². The van der Waals surface area contributed by atoms with E-state index in [2.05, 4.69) is 17.2 Å². The molecular weight excluding hydrogens is 214 g/mol. The van der Waals surface area contributed by atoms with Crippen molar-refractivity contribution in [2.45, 2.75) is 32.6 Å². The second-order valence-corrected chi connectivity index (χ2v) is 4.94. The zero-order chi connectivity index (χ0) is 12.3. The molecule has 1 N–H and O–H groups in total. The van der Waals surface area contributed by atoms with Crippen LogP contribution in [0.5, 0.6) is 0 Å². The smallest absolute Gasteiger partial charge is 0.146 e. The molecule has 0 aliphatic carbocycles. The fraction of sp³-hybridized carbons (Fsp3) is 0.692. The predicted molar refractivity (Wildman–Crippen MR) is 66.7 cm³/mol. The Morgan fingerprint density at radius 3 is 2.76 bits per heavy atom. The monoisotopic (exact) mass is 235 g/mol. The van der Waals surface area contributed by atoms with Crippen molar-refractivity contribution in [3.8, 4) is 0 Å². The summed E-state index contributed by atoms with van der Waals surface area (Å²) < 4.78 is 1.93. The Morgan fingerprint density at radius 1 is 1.53 bits per heavy atom.